The first-order valence-electron chi connectivity index (χ1n) is 8.64. The van der Waals surface area contributed by atoms with Gasteiger partial charge in [-0.05, 0) is 30.2 Å². The van der Waals surface area contributed by atoms with E-state index in [2.05, 4.69) is 10.6 Å². The Morgan fingerprint density at radius 3 is 2.48 bits per heavy atom. The van der Waals surface area contributed by atoms with Crippen molar-refractivity contribution in [3.8, 4) is 0 Å². The molecule has 7 heteroatoms. The number of imide groups is 1. The molecule has 140 valence electrons. The molecule has 0 aliphatic carbocycles. The molecule has 0 unspecified atom stereocenters. The van der Waals surface area contributed by atoms with Crippen molar-refractivity contribution >= 4 is 29.4 Å². The number of nitrogens with one attached hydrogen (secondary N) is 2. The number of benzene rings is 2. The Labute approximate surface area is 162 Å². The standard InChI is InChI=1S/C20H20ClN3O3/c1-13(15-7-9-16(21)10-8-15)22-18(25)12-24-19(26)17(23-20(24)27)11-14-5-3-2-4-6-14/h2-10,13,17H,11-12H2,1H3,(H,22,25)(H,23,27)/t13-,17-/m0/s1. The Kier molecular flexibility index (Phi) is 5.76. The number of hydrogen-bond acceptors (Lipinski definition) is 3. The fraction of sp³-hybridized carbons (Fsp3) is 0.250. The van der Waals surface area contributed by atoms with Gasteiger partial charge >= 0.3 is 6.03 Å². The van der Waals surface area contributed by atoms with E-state index < -0.39 is 23.9 Å². The molecule has 6 nitrogen and oxygen atoms in total. The molecule has 0 spiro atoms. The topological polar surface area (TPSA) is 78.5 Å². The Morgan fingerprint density at radius 2 is 1.81 bits per heavy atom. The predicted molar refractivity (Wildman–Crippen MR) is 102 cm³/mol. The Balaban J connectivity index is 1.58. The summed E-state index contributed by atoms with van der Waals surface area (Å²) in [6.07, 6.45) is 0.394. The van der Waals surface area contributed by atoms with Crippen molar-refractivity contribution in [2.75, 3.05) is 6.54 Å². The molecule has 2 N–H and O–H groups in total. The van der Waals surface area contributed by atoms with Crippen LogP contribution in [0, 0.1) is 0 Å². The van der Waals surface area contributed by atoms with Crippen molar-refractivity contribution in [1.82, 2.24) is 15.5 Å². The minimum atomic E-state index is -0.651. The van der Waals surface area contributed by atoms with Crippen molar-refractivity contribution in [3.63, 3.8) is 0 Å². The molecule has 27 heavy (non-hydrogen) atoms. The number of amides is 4. The quantitative estimate of drug-likeness (QED) is 0.750. The van der Waals surface area contributed by atoms with Gasteiger partial charge in [-0.15, -0.1) is 0 Å². The van der Waals surface area contributed by atoms with Crippen molar-refractivity contribution in [2.24, 2.45) is 0 Å². The van der Waals surface area contributed by atoms with Crippen molar-refractivity contribution in [3.05, 3.63) is 70.7 Å². The van der Waals surface area contributed by atoms with E-state index in [1.54, 1.807) is 12.1 Å². The number of carbonyl (C=O) groups is 3. The van der Waals surface area contributed by atoms with Crippen molar-refractivity contribution in [1.29, 1.82) is 0 Å². The lowest BCUT2D eigenvalue weighted by atomic mass is 10.1. The summed E-state index contributed by atoms with van der Waals surface area (Å²) in [6.45, 7) is 1.51. The fourth-order valence-electron chi connectivity index (χ4n) is 2.98. The number of halogens is 1. The highest BCUT2D eigenvalue weighted by Gasteiger charge is 2.38. The van der Waals surface area contributed by atoms with Crippen LogP contribution in [0.25, 0.3) is 0 Å². The van der Waals surface area contributed by atoms with Crippen LogP contribution in [-0.4, -0.2) is 35.3 Å². The molecule has 2 atom stereocenters. The van der Waals surface area contributed by atoms with E-state index in [9.17, 15) is 14.4 Å². The lowest BCUT2D eigenvalue weighted by molar-refractivity contribution is -0.132. The number of urea groups is 1. The minimum Gasteiger partial charge on any atom is -0.348 e. The highest BCUT2D eigenvalue weighted by Crippen LogP contribution is 2.16. The van der Waals surface area contributed by atoms with Gasteiger partial charge in [-0.1, -0.05) is 54.1 Å². The van der Waals surface area contributed by atoms with Gasteiger partial charge in [0.15, 0.2) is 0 Å². The largest absolute Gasteiger partial charge is 0.348 e. The van der Waals surface area contributed by atoms with Gasteiger partial charge in [0.2, 0.25) is 5.91 Å². The fourth-order valence-corrected chi connectivity index (χ4v) is 3.11. The van der Waals surface area contributed by atoms with Gasteiger partial charge in [-0.2, -0.15) is 0 Å². The number of hydrogen-bond donors (Lipinski definition) is 2. The van der Waals surface area contributed by atoms with Crippen LogP contribution in [0.2, 0.25) is 5.02 Å². The van der Waals surface area contributed by atoms with Gasteiger partial charge in [0, 0.05) is 11.4 Å². The Hall–Kier alpha value is -2.86. The predicted octanol–water partition coefficient (Wildman–Crippen LogP) is 2.68. The normalized spacial score (nSPS) is 17.6. The van der Waals surface area contributed by atoms with E-state index in [-0.39, 0.29) is 12.6 Å². The van der Waals surface area contributed by atoms with Crippen LogP contribution >= 0.6 is 11.6 Å². The number of carbonyl (C=O) groups excluding carboxylic acids is 3. The zero-order valence-corrected chi connectivity index (χ0v) is 15.6. The molecule has 0 radical (unpaired) electrons. The van der Waals surface area contributed by atoms with Crippen molar-refractivity contribution in [2.45, 2.75) is 25.4 Å². The molecular formula is C20H20ClN3O3. The smallest absolute Gasteiger partial charge is 0.325 e. The lowest BCUT2D eigenvalue weighted by Crippen LogP contribution is -2.42. The summed E-state index contributed by atoms with van der Waals surface area (Å²) >= 11 is 5.86. The summed E-state index contributed by atoms with van der Waals surface area (Å²) in [6, 6.07) is 15.1. The molecule has 2 aromatic carbocycles. The lowest BCUT2D eigenvalue weighted by Gasteiger charge is -2.17. The van der Waals surface area contributed by atoms with Crippen LogP contribution in [0.3, 0.4) is 0 Å². The van der Waals surface area contributed by atoms with Crippen LogP contribution in [0.4, 0.5) is 4.79 Å². The highest BCUT2D eigenvalue weighted by molar-refractivity contribution is 6.30. The van der Waals surface area contributed by atoms with E-state index >= 15 is 0 Å². The zero-order chi connectivity index (χ0) is 19.4. The molecule has 0 bridgehead atoms. The van der Waals surface area contributed by atoms with Gasteiger partial charge in [0.1, 0.15) is 12.6 Å². The first-order valence-corrected chi connectivity index (χ1v) is 9.02. The van der Waals surface area contributed by atoms with Crippen LogP contribution in [0.15, 0.2) is 54.6 Å². The minimum absolute atomic E-state index is 0.268. The molecule has 1 fully saturated rings. The third-order valence-electron chi connectivity index (χ3n) is 4.44. The SMILES string of the molecule is C[C@H](NC(=O)CN1C(=O)N[C@@H](Cc2ccccc2)C1=O)c1ccc(Cl)cc1. The molecule has 3 rings (SSSR count). The summed E-state index contributed by atoms with van der Waals surface area (Å²) in [5.41, 5.74) is 1.82. The average Bonchev–Trinajstić information content (AvgIpc) is 2.90. The molecule has 1 saturated heterocycles. The number of nitrogens with zero attached hydrogens (tertiary/aromatic N) is 1. The van der Waals surface area contributed by atoms with Gasteiger partial charge in [0.25, 0.3) is 5.91 Å². The maximum Gasteiger partial charge on any atom is 0.325 e. The van der Waals surface area contributed by atoms with Crippen molar-refractivity contribution < 1.29 is 14.4 Å². The summed E-state index contributed by atoms with van der Waals surface area (Å²) < 4.78 is 0. The summed E-state index contributed by atoms with van der Waals surface area (Å²) in [5, 5.41) is 6.05. The van der Waals surface area contributed by atoms with E-state index in [1.165, 1.54) is 0 Å². The highest BCUT2D eigenvalue weighted by atomic mass is 35.5. The first kappa shape index (κ1) is 18.9. The van der Waals surface area contributed by atoms with Crippen LogP contribution < -0.4 is 10.6 Å². The molecular weight excluding hydrogens is 366 g/mol. The van der Waals surface area contributed by atoms with E-state index in [4.69, 9.17) is 11.6 Å². The molecule has 4 amide bonds. The summed E-state index contributed by atoms with van der Waals surface area (Å²) in [7, 11) is 0. The monoisotopic (exact) mass is 385 g/mol. The second-order valence-corrected chi connectivity index (χ2v) is 6.89. The molecule has 0 saturated carbocycles. The molecule has 1 aliphatic heterocycles. The maximum absolute atomic E-state index is 12.5. The second-order valence-electron chi connectivity index (χ2n) is 6.46. The van der Waals surface area contributed by atoms with Gasteiger partial charge < -0.3 is 10.6 Å². The third-order valence-corrected chi connectivity index (χ3v) is 4.69. The Bertz CT molecular complexity index is 839. The Morgan fingerprint density at radius 1 is 1.15 bits per heavy atom. The summed E-state index contributed by atoms with van der Waals surface area (Å²) in [4.78, 5) is 37.9. The van der Waals surface area contributed by atoms with E-state index in [0.29, 0.717) is 11.4 Å². The second kappa shape index (κ2) is 8.22. The summed E-state index contributed by atoms with van der Waals surface area (Å²) in [5.74, 6) is -0.792. The van der Waals surface area contributed by atoms with E-state index in [0.717, 1.165) is 16.0 Å². The van der Waals surface area contributed by atoms with Gasteiger partial charge in [-0.25, -0.2) is 4.79 Å². The van der Waals surface area contributed by atoms with E-state index in [1.807, 2.05) is 49.4 Å². The van der Waals surface area contributed by atoms with Crippen LogP contribution in [0.5, 0.6) is 0 Å². The van der Waals surface area contributed by atoms with Gasteiger partial charge in [-0.3, -0.25) is 14.5 Å². The molecule has 1 aliphatic rings. The van der Waals surface area contributed by atoms with Gasteiger partial charge in [0.05, 0.1) is 6.04 Å². The third kappa shape index (κ3) is 4.65. The number of rotatable bonds is 6. The molecule has 2 aromatic rings. The van der Waals surface area contributed by atoms with Crippen LogP contribution in [0.1, 0.15) is 24.1 Å². The van der Waals surface area contributed by atoms with Crippen LogP contribution in [-0.2, 0) is 16.0 Å². The maximum atomic E-state index is 12.5. The zero-order valence-electron chi connectivity index (χ0n) is 14.8. The first-order chi connectivity index (χ1) is 12.9. The molecule has 0 aromatic heterocycles. The average molecular weight is 386 g/mol. The molecule has 1 heterocycles.